The van der Waals surface area contributed by atoms with E-state index >= 15 is 0 Å². The third-order valence-corrected chi connectivity index (χ3v) is 2.66. The highest BCUT2D eigenvalue weighted by molar-refractivity contribution is 7.98. The molecule has 0 saturated carbocycles. The van der Waals surface area contributed by atoms with Crippen molar-refractivity contribution in [3.8, 4) is 0 Å². The first-order chi connectivity index (χ1) is 4.93. The Morgan fingerprint density at radius 1 is 1.70 bits per heavy atom. The number of thioether (sulfide) groups is 1. The Balaban J connectivity index is 2.15. The van der Waals surface area contributed by atoms with Crippen molar-refractivity contribution < 1.29 is 0 Å². The monoisotopic (exact) mass is 174 g/mol. The van der Waals surface area contributed by atoms with Crippen molar-refractivity contribution in [1.82, 2.24) is 4.98 Å². The van der Waals surface area contributed by atoms with Crippen molar-refractivity contribution in [2.45, 2.75) is 5.75 Å². The van der Waals surface area contributed by atoms with Crippen LogP contribution in [0.2, 0.25) is 0 Å². The second-order valence-electron chi connectivity index (χ2n) is 1.82. The summed E-state index contributed by atoms with van der Waals surface area (Å²) in [5.74, 6) is 2.03. The average molecular weight is 174 g/mol. The molecule has 1 heterocycles. The maximum absolute atomic E-state index is 5.33. The van der Waals surface area contributed by atoms with Gasteiger partial charge in [-0.25, -0.2) is 4.98 Å². The molecule has 0 unspecified atom stereocenters. The standard InChI is InChI=1S/C6H10N2S2/c7-1-2-9-3-6-4-10-5-8-6/h4-5H,1-3,7H2. The van der Waals surface area contributed by atoms with Crippen LogP contribution < -0.4 is 5.73 Å². The molecule has 0 aromatic carbocycles. The summed E-state index contributed by atoms with van der Waals surface area (Å²) in [6.45, 7) is 0.759. The summed E-state index contributed by atoms with van der Waals surface area (Å²) in [6, 6.07) is 0. The van der Waals surface area contributed by atoms with Gasteiger partial charge in [-0.05, 0) is 0 Å². The van der Waals surface area contributed by atoms with Crippen molar-refractivity contribution in [3.63, 3.8) is 0 Å². The summed E-state index contributed by atoms with van der Waals surface area (Å²) >= 11 is 3.47. The molecule has 4 heteroatoms. The molecule has 0 amide bonds. The molecule has 0 saturated heterocycles. The van der Waals surface area contributed by atoms with Crippen LogP contribution in [-0.4, -0.2) is 17.3 Å². The number of hydrogen-bond donors (Lipinski definition) is 1. The molecule has 1 rings (SSSR count). The largest absolute Gasteiger partial charge is 0.330 e. The van der Waals surface area contributed by atoms with Gasteiger partial charge < -0.3 is 5.73 Å². The van der Waals surface area contributed by atoms with Crippen LogP contribution in [-0.2, 0) is 5.75 Å². The maximum Gasteiger partial charge on any atom is 0.0795 e. The average Bonchev–Trinajstić information content (AvgIpc) is 2.41. The number of nitrogens with two attached hydrogens (primary N) is 1. The lowest BCUT2D eigenvalue weighted by Gasteiger charge is -1.93. The van der Waals surface area contributed by atoms with Crippen molar-refractivity contribution >= 4 is 23.1 Å². The minimum atomic E-state index is 0.759. The lowest BCUT2D eigenvalue weighted by atomic mass is 10.6. The molecule has 0 spiro atoms. The van der Waals surface area contributed by atoms with Crippen LogP contribution >= 0.6 is 23.1 Å². The molecular weight excluding hydrogens is 164 g/mol. The van der Waals surface area contributed by atoms with Gasteiger partial charge in [-0.15, -0.1) is 11.3 Å². The summed E-state index contributed by atoms with van der Waals surface area (Å²) in [5.41, 5.74) is 8.36. The molecule has 1 aromatic heterocycles. The molecule has 2 N–H and O–H groups in total. The zero-order valence-corrected chi connectivity index (χ0v) is 7.25. The topological polar surface area (TPSA) is 38.9 Å². The van der Waals surface area contributed by atoms with E-state index in [-0.39, 0.29) is 0 Å². The first-order valence-corrected chi connectivity index (χ1v) is 5.18. The van der Waals surface area contributed by atoms with E-state index in [0.29, 0.717) is 0 Å². The van der Waals surface area contributed by atoms with E-state index in [4.69, 9.17) is 5.73 Å². The van der Waals surface area contributed by atoms with Gasteiger partial charge >= 0.3 is 0 Å². The van der Waals surface area contributed by atoms with Crippen LogP contribution in [0.3, 0.4) is 0 Å². The molecule has 0 bridgehead atoms. The Morgan fingerprint density at radius 2 is 2.60 bits per heavy atom. The lowest BCUT2D eigenvalue weighted by Crippen LogP contribution is -2.01. The number of aromatic nitrogens is 1. The Kier molecular flexibility index (Phi) is 3.79. The molecule has 1 aromatic rings. The molecule has 0 aliphatic rings. The van der Waals surface area contributed by atoms with Gasteiger partial charge in [-0.1, -0.05) is 0 Å². The van der Waals surface area contributed by atoms with Crippen molar-refractivity contribution in [3.05, 3.63) is 16.6 Å². The van der Waals surface area contributed by atoms with E-state index in [9.17, 15) is 0 Å². The molecule has 2 nitrogen and oxygen atoms in total. The lowest BCUT2D eigenvalue weighted by molar-refractivity contribution is 1.14. The van der Waals surface area contributed by atoms with Crippen LogP contribution in [0.15, 0.2) is 10.9 Å². The smallest absolute Gasteiger partial charge is 0.0795 e. The molecule has 0 atom stereocenters. The fraction of sp³-hybridized carbons (Fsp3) is 0.500. The van der Waals surface area contributed by atoms with Gasteiger partial charge in [0.25, 0.3) is 0 Å². The van der Waals surface area contributed by atoms with E-state index < -0.39 is 0 Å². The number of nitrogens with zero attached hydrogens (tertiary/aromatic N) is 1. The fourth-order valence-electron chi connectivity index (χ4n) is 0.569. The van der Waals surface area contributed by atoms with Gasteiger partial charge in [0.15, 0.2) is 0 Å². The number of hydrogen-bond acceptors (Lipinski definition) is 4. The Morgan fingerprint density at radius 3 is 3.20 bits per heavy atom. The molecule has 0 aliphatic heterocycles. The molecule has 0 aliphatic carbocycles. The first-order valence-electron chi connectivity index (χ1n) is 3.08. The minimum Gasteiger partial charge on any atom is -0.330 e. The normalized spacial score (nSPS) is 10.1. The molecular formula is C6H10N2S2. The minimum absolute atomic E-state index is 0.759. The van der Waals surface area contributed by atoms with Crippen LogP contribution in [0.5, 0.6) is 0 Å². The molecule has 0 fully saturated rings. The third kappa shape index (κ3) is 2.68. The van der Waals surface area contributed by atoms with E-state index in [1.807, 2.05) is 17.3 Å². The Hall–Kier alpha value is -0.0600. The summed E-state index contributed by atoms with van der Waals surface area (Å²) in [7, 11) is 0. The highest BCUT2D eigenvalue weighted by atomic mass is 32.2. The van der Waals surface area contributed by atoms with Crippen molar-refractivity contribution in [2.24, 2.45) is 5.73 Å². The Bertz CT molecular complexity index is 162. The molecule has 56 valence electrons. The highest BCUT2D eigenvalue weighted by Crippen LogP contribution is 2.10. The zero-order valence-electron chi connectivity index (χ0n) is 5.62. The van der Waals surface area contributed by atoms with Gasteiger partial charge in [0.2, 0.25) is 0 Å². The Labute approximate surface area is 68.8 Å². The third-order valence-electron chi connectivity index (χ3n) is 0.996. The fourth-order valence-corrected chi connectivity index (χ4v) is 1.91. The van der Waals surface area contributed by atoms with Crippen LogP contribution in [0.25, 0.3) is 0 Å². The first kappa shape index (κ1) is 8.04. The molecule has 0 radical (unpaired) electrons. The van der Waals surface area contributed by atoms with Gasteiger partial charge in [0.1, 0.15) is 0 Å². The number of thiazole rings is 1. The molecule has 10 heavy (non-hydrogen) atoms. The van der Waals surface area contributed by atoms with Gasteiger partial charge in [0.05, 0.1) is 11.2 Å². The van der Waals surface area contributed by atoms with E-state index in [1.54, 1.807) is 11.3 Å². The SMILES string of the molecule is NCCSCc1cscn1. The summed E-state index contributed by atoms with van der Waals surface area (Å²) in [6.07, 6.45) is 0. The summed E-state index contributed by atoms with van der Waals surface area (Å²) < 4.78 is 0. The quantitative estimate of drug-likeness (QED) is 0.700. The summed E-state index contributed by atoms with van der Waals surface area (Å²) in [4.78, 5) is 4.14. The highest BCUT2D eigenvalue weighted by Gasteiger charge is 1.92. The second kappa shape index (κ2) is 4.71. The zero-order chi connectivity index (χ0) is 7.23. The second-order valence-corrected chi connectivity index (χ2v) is 3.64. The van der Waals surface area contributed by atoms with Gasteiger partial charge in [0, 0.05) is 23.4 Å². The van der Waals surface area contributed by atoms with Crippen LogP contribution in [0, 0.1) is 0 Å². The summed E-state index contributed by atoms with van der Waals surface area (Å²) in [5, 5.41) is 2.07. The van der Waals surface area contributed by atoms with Crippen molar-refractivity contribution in [2.75, 3.05) is 12.3 Å². The predicted octanol–water partition coefficient (Wildman–Crippen LogP) is 1.33. The van der Waals surface area contributed by atoms with Gasteiger partial charge in [-0.3, -0.25) is 0 Å². The van der Waals surface area contributed by atoms with Gasteiger partial charge in [-0.2, -0.15) is 11.8 Å². The maximum atomic E-state index is 5.33. The van der Waals surface area contributed by atoms with Crippen LogP contribution in [0.4, 0.5) is 0 Å². The predicted molar refractivity (Wildman–Crippen MR) is 47.3 cm³/mol. The van der Waals surface area contributed by atoms with E-state index in [2.05, 4.69) is 10.4 Å². The van der Waals surface area contributed by atoms with E-state index in [1.165, 1.54) is 5.69 Å². The van der Waals surface area contributed by atoms with E-state index in [0.717, 1.165) is 18.1 Å². The van der Waals surface area contributed by atoms with Crippen LogP contribution in [0.1, 0.15) is 5.69 Å². The van der Waals surface area contributed by atoms with Crippen molar-refractivity contribution in [1.29, 1.82) is 0 Å². The number of rotatable bonds is 4.